The number of rotatable bonds is 3. The predicted octanol–water partition coefficient (Wildman–Crippen LogP) is 4.26. The van der Waals surface area contributed by atoms with Crippen LogP contribution in [0.5, 0.6) is 0 Å². The first kappa shape index (κ1) is 12.6. The van der Waals surface area contributed by atoms with E-state index in [1.54, 1.807) is 24.4 Å². The summed E-state index contributed by atoms with van der Waals surface area (Å²) in [6.07, 6.45) is 1.72. The van der Waals surface area contributed by atoms with Crippen molar-refractivity contribution in [3.05, 3.63) is 52.1 Å². The number of aromatic nitrogens is 1. The van der Waals surface area contributed by atoms with E-state index < -0.39 is 0 Å². The first-order chi connectivity index (χ1) is 8.16. The highest BCUT2D eigenvalue weighted by molar-refractivity contribution is 7.98. The molecule has 1 aromatic carbocycles. The van der Waals surface area contributed by atoms with Gasteiger partial charge >= 0.3 is 0 Å². The van der Waals surface area contributed by atoms with Crippen LogP contribution in [-0.2, 0) is 5.75 Å². The molecule has 2 nitrogen and oxygen atoms in total. The third-order valence-electron chi connectivity index (χ3n) is 2.16. The van der Waals surface area contributed by atoms with Crippen LogP contribution in [0.1, 0.15) is 5.56 Å². The van der Waals surface area contributed by atoms with Gasteiger partial charge in [0.2, 0.25) is 0 Å². The topological polar surface area (TPSA) is 38.9 Å². The molecular formula is C12H10Cl2N2S. The fourth-order valence-corrected chi connectivity index (χ4v) is 2.75. The van der Waals surface area contributed by atoms with E-state index in [2.05, 4.69) is 4.98 Å². The van der Waals surface area contributed by atoms with E-state index in [9.17, 15) is 0 Å². The largest absolute Gasteiger partial charge is 0.399 e. The Labute approximate surface area is 114 Å². The van der Waals surface area contributed by atoms with Crippen LogP contribution in [0.25, 0.3) is 0 Å². The molecule has 0 amide bonds. The van der Waals surface area contributed by atoms with Crippen molar-refractivity contribution >= 4 is 40.7 Å². The van der Waals surface area contributed by atoms with Gasteiger partial charge in [-0.15, -0.1) is 11.8 Å². The van der Waals surface area contributed by atoms with Crippen LogP contribution >= 0.6 is 35.0 Å². The Morgan fingerprint density at radius 1 is 1.18 bits per heavy atom. The minimum absolute atomic E-state index is 0.650. The lowest BCUT2D eigenvalue weighted by atomic mass is 10.2. The van der Waals surface area contributed by atoms with E-state index in [4.69, 9.17) is 28.9 Å². The minimum atomic E-state index is 0.650. The fourth-order valence-electron chi connectivity index (χ4n) is 1.33. The van der Waals surface area contributed by atoms with E-state index in [0.29, 0.717) is 21.5 Å². The van der Waals surface area contributed by atoms with Crippen LogP contribution in [-0.4, -0.2) is 4.98 Å². The van der Waals surface area contributed by atoms with Gasteiger partial charge in [0.15, 0.2) is 0 Å². The fraction of sp³-hybridized carbons (Fsp3) is 0.0833. The molecule has 0 atom stereocenters. The van der Waals surface area contributed by atoms with Crippen molar-refractivity contribution in [3.63, 3.8) is 0 Å². The highest BCUT2D eigenvalue weighted by Gasteiger charge is 2.05. The normalized spacial score (nSPS) is 10.5. The van der Waals surface area contributed by atoms with E-state index in [-0.39, 0.29) is 0 Å². The van der Waals surface area contributed by atoms with Gasteiger partial charge in [0, 0.05) is 22.7 Å². The van der Waals surface area contributed by atoms with Gasteiger partial charge in [0.05, 0.1) is 5.02 Å². The number of thioether (sulfide) groups is 1. The van der Waals surface area contributed by atoms with Gasteiger partial charge < -0.3 is 5.73 Å². The van der Waals surface area contributed by atoms with Crippen molar-refractivity contribution in [1.29, 1.82) is 0 Å². The number of benzene rings is 1. The molecule has 0 aliphatic rings. The molecule has 1 heterocycles. The number of anilines is 1. The quantitative estimate of drug-likeness (QED) is 0.676. The zero-order valence-electron chi connectivity index (χ0n) is 8.86. The zero-order valence-corrected chi connectivity index (χ0v) is 11.2. The van der Waals surface area contributed by atoms with Gasteiger partial charge in [-0.3, -0.25) is 0 Å². The van der Waals surface area contributed by atoms with Gasteiger partial charge in [-0.05, 0) is 35.9 Å². The number of nitrogen functional groups attached to an aromatic ring is 1. The number of nitrogens with zero attached hydrogens (tertiary/aromatic N) is 1. The molecule has 0 spiro atoms. The lowest BCUT2D eigenvalue weighted by molar-refractivity contribution is 1.13. The van der Waals surface area contributed by atoms with E-state index >= 15 is 0 Å². The summed E-state index contributed by atoms with van der Waals surface area (Å²) in [6.45, 7) is 0. The summed E-state index contributed by atoms with van der Waals surface area (Å²) in [5.74, 6) is 0.695. The standard InChI is InChI=1S/C12H10Cl2N2S/c13-10-4-3-9(15)6-8(10)7-17-12-11(14)2-1-5-16-12/h1-6H,7,15H2. The molecule has 2 rings (SSSR count). The third-order valence-corrected chi connectivity index (χ3v) is 4.00. The number of halogens is 2. The summed E-state index contributed by atoms with van der Waals surface area (Å²) in [4.78, 5) is 4.20. The molecule has 2 N–H and O–H groups in total. The van der Waals surface area contributed by atoms with E-state index in [0.717, 1.165) is 10.6 Å². The molecule has 5 heteroatoms. The summed E-state index contributed by atoms with van der Waals surface area (Å²) < 4.78 is 0. The van der Waals surface area contributed by atoms with Crippen molar-refractivity contribution in [1.82, 2.24) is 4.98 Å². The van der Waals surface area contributed by atoms with Crippen molar-refractivity contribution in [3.8, 4) is 0 Å². The van der Waals surface area contributed by atoms with Gasteiger partial charge in [0.25, 0.3) is 0 Å². The Hall–Kier alpha value is -0.900. The second kappa shape index (κ2) is 5.63. The molecular weight excluding hydrogens is 275 g/mol. The summed E-state index contributed by atoms with van der Waals surface area (Å²) in [7, 11) is 0. The summed E-state index contributed by atoms with van der Waals surface area (Å²) >= 11 is 13.6. The summed E-state index contributed by atoms with van der Waals surface area (Å²) in [5, 5.41) is 2.16. The number of hydrogen-bond acceptors (Lipinski definition) is 3. The maximum absolute atomic E-state index is 6.08. The highest BCUT2D eigenvalue weighted by atomic mass is 35.5. The molecule has 2 aromatic rings. The Bertz CT molecular complexity index is 532. The second-order valence-corrected chi connectivity index (χ2v) is 5.21. The zero-order chi connectivity index (χ0) is 12.3. The molecule has 0 bridgehead atoms. The van der Waals surface area contributed by atoms with Gasteiger partial charge in [-0.1, -0.05) is 23.2 Å². The van der Waals surface area contributed by atoms with Crippen LogP contribution in [0.3, 0.4) is 0 Å². The monoisotopic (exact) mass is 284 g/mol. The summed E-state index contributed by atoms with van der Waals surface area (Å²) in [6, 6.07) is 9.07. The first-order valence-electron chi connectivity index (χ1n) is 4.94. The van der Waals surface area contributed by atoms with E-state index in [1.807, 2.05) is 12.1 Å². The van der Waals surface area contributed by atoms with Crippen molar-refractivity contribution in [2.24, 2.45) is 0 Å². The van der Waals surface area contributed by atoms with Crippen LogP contribution in [0.4, 0.5) is 5.69 Å². The molecule has 17 heavy (non-hydrogen) atoms. The highest BCUT2D eigenvalue weighted by Crippen LogP contribution is 2.30. The maximum Gasteiger partial charge on any atom is 0.115 e. The molecule has 0 unspecified atom stereocenters. The Kier molecular flexibility index (Phi) is 4.15. The lowest BCUT2D eigenvalue weighted by Gasteiger charge is -2.06. The van der Waals surface area contributed by atoms with Crippen LogP contribution in [0, 0.1) is 0 Å². The maximum atomic E-state index is 6.08. The van der Waals surface area contributed by atoms with Gasteiger partial charge in [-0.25, -0.2) is 4.98 Å². The lowest BCUT2D eigenvalue weighted by Crippen LogP contribution is -1.89. The van der Waals surface area contributed by atoms with Crippen LogP contribution in [0.15, 0.2) is 41.6 Å². The number of pyridine rings is 1. The molecule has 0 radical (unpaired) electrons. The predicted molar refractivity (Wildman–Crippen MR) is 74.7 cm³/mol. The summed E-state index contributed by atoms with van der Waals surface area (Å²) in [5.41, 5.74) is 7.41. The second-order valence-electron chi connectivity index (χ2n) is 3.43. The van der Waals surface area contributed by atoms with Crippen molar-refractivity contribution in [2.45, 2.75) is 10.8 Å². The molecule has 0 aliphatic heterocycles. The van der Waals surface area contributed by atoms with Crippen molar-refractivity contribution in [2.75, 3.05) is 5.73 Å². The molecule has 0 fully saturated rings. The minimum Gasteiger partial charge on any atom is -0.399 e. The van der Waals surface area contributed by atoms with E-state index in [1.165, 1.54) is 11.8 Å². The molecule has 0 saturated heterocycles. The average molecular weight is 285 g/mol. The van der Waals surface area contributed by atoms with Crippen molar-refractivity contribution < 1.29 is 0 Å². The molecule has 1 aromatic heterocycles. The van der Waals surface area contributed by atoms with Crippen LogP contribution < -0.4 is 5.73 Å². The smallest absolute Gasteiger partial charge is 0.115 e. The van der Waals surface area contributed by atoms with Gasteiger partial charge in [0.1, 0.15) is 5.03 Å². The average Bonchev–Trinajstić information content (AvgIpc) is 2.32. The van der Waals surface area contributed by atoms with Crippen LogP contribution in [0.2, 0.25) is 10.0 Å². The number of hydrogen-bond donors (Lipinski definition) is 1. The molecule has 88 valence electrons. The number of nitrogens with two attached hydrogens (primary N) is 1. The first-order valence-corrected chi connectivity index (χ1v) is 6.68. The Morgan fingerprint density at radius 2 is 2.00 bits per heavy atom. The Morgan fingerprint density at radius 3 is 2.76 bits per heavy atom. The Balaban J connectivity index is 2.12. The molecule has 0 saturated carbocycles. The SMILES string of the molecule is Nc1ccc(Cl)c(CSc2ncccc2Cl)c1. The molecule has 0 aliphatic carbocycles. The van der Waals surface area contributed by atoms with Gasteiger partial charge in [-0.2, -0.15) is 0 Å². The third kappa shape index (κ3) is 3.28.